The fourth-order valence-corrected chi connectivity index (χ4v) is 7.62. The predicted octanol–water partition coefficient (Wildman–Crippen LogP) is 4.91. The molecule has 1 aliphatic heterocycles. The number of aromatic nitrogens is 2. The van der Waals surface area contributed by atoms with E-state index in [1.54, 1.807) is 12.3 Å². The quantitative estimate of drug-likeness (QED) is 0.403. The van der Waals surface area contributed by atoms with E-state index in [9.17, 15) is 14.3 Å². The first-order valence-electron chi connectivity index (χ1n) is 13.1. The lowest BCUT2D eigenvalue weighted by atomic mass is 9.51. The van der Waals surface area contributed by atoms with E-state index in [0.29, 0.717) is 42.6 Å². The number of urea groups is 1. The van der Waals surface area contributed by atoms with Gasteiger partial charge in [-0.05, 0) is 86.8 Å². The topological polar surface area (TPSA) is 108 Å². The van der Waals surface area contributed by atoms with E-state index < -0.39 is 5.60 Å². The molecule has 2 heterocycles. The second-order valence-electron chi connectivity index (χ2n) is 11.5. The molecular weight excluding hydrogens is 473 g/mol. The molecule has 8 nitrogen and oxygen atoms in total. The second-order valence-corrected chi connectivity index (χ2v) is 11.5. The van der Waals surface area contributed by atoms with Crippen molar-refractivity contribution < 1.29 is 19.0 Å². The van der Waals surface area contributed by atoms with Gasteiger partial charge in [0.25, 0.3) is 0 Å². The van der Waals surface area contributed by atoms with Gasteiger partial charge in [0.15, 0.2) is 0 Å². The summed E-state index contributed by atoms with van der Waals surface area (Å²) >= 11 is 0. The van der Waals surface area contributed by atoms with Crippen LogP contribution in [0.3, 0.4) is 0 Å². The number of rotatable bonds is 4. The molecule has 0 saturated heterocycles. The lowest BCUT2D eigenvalue weighted by molar-refractivity contribution is -0.138. The number of aliphatic hydroxyl groups is 1. The number of anilines is 2. The van der Waals surface area contributed by atoms with Crippen molar-refractivity contribution in [2.75, 3.05) is 17.2 Å². The maximum absolute atomic E-state index is 13.9. The van der Waals surface area contributed by atoms with E-state index in [2.05, 4.69) is 25.9 Å². The van der Waals surface area contributed by atoms with Crippen molar-refractivity contribution in [2.45, 2.75) is 62.1 Å². The van der Waals surface area contributed by atoms with E-state index in [4.69, 9.17) is 4.74 Å². The third-order valence-electron chi connectivity index (χ3n) is 8.57. The van der Waals surface area contributed by atoms with Crippen LogP contribution in [0.15, 0.2) is 42.6 Å². The Hall–Kier alpha value is -3.46. The minimum absolute atomic E-state index is 0.0859. The van der Waals surface area contributed by atoms with Crippen LogP contribution in [0.2, 0.25) is 0 Å². The number of halogens is 1. The van der Waals surface area contributed by atoms with Crippen molar-refractivity contribution >= 4 is 28.6 Å². The molecule has 5 aliphatic rings. The van der Waals surface area contributed by atoms with Crippen molar-refractivity contribution in [1.82, 2.24) is 15.3 Å². The highest BCUT2D eigenvalue weighted by Gasteiger charge is 2.57. The Bertz CT molecular complexity index is 1380. The summed E-state index contributed by atoms with van der Waals surface area (Å²) in [6, 6.07) is 9.93. The van der Waals surface area contributed by atoms with E-state index in [1.807, 2.05) is 18.2 Å². The van der Waals surface area contributed by atoms with Gasteiger partial charge in [-0.1, -0.05) is 0 Å². The summed E-state index contributed by atoms with van der Waals surface area (Å²) in [4.78, 5) is 21.9. The Morgan fingerprint density at radius 3 is 2.76 bits per heavy atom. The number of fused-ring (bicyclic) bond motifs is 2. The predicted molar refractivity (Wildman–Crippen MR) is 137 cm³/mol. The van der Waals surface area contributed by atoms with Gasteiger partial charge in [0.05, 0.1) is 23.8 Å². The third kappa shape index (κ3) is 4.25. The summed E-state index contributed by atoms with van der Waals surface area (Å²) in [5, 5.41) is 21.3. The molecule has 4 aliphatic carbocycles. The third-order valence-corrected chi connectivity index (χ3v) is 8.57. The first-order valence-corrected chi connectivity index (χ1v) is 13.1. The molecule has 4 N–H and O–H groups in total. The molecule has 8 rings (SSSR count). The van der Waals surface area contributed by atoms with Gasteiger partial charge in [-0.25, -0.2) is 19.2 Å². The van der Waals surface area contributed by atoms with Crippen molar-refractivity contribution in [3.63, 3.8) is 0 Å². The first-order chi connectivity index (χ1) is 17.8. The summed E-state index contributed by atoms with van der Waals surface area (Å²) in [5.41, 5.74) is 1.33. The van der Waals surface area contributed by atoms with Crippen molar-refractivity contribution in [3.05, 3.63) is 54.0 Å². The van der Waals surface area contributed by atoms with Crippen LogP contribution in [0.5, 0.6) is 5.75 Å². The fourth-order valence-electron chi connectivity index (χ4n) is 7.62. The second kappa shape index (κ2) is 8.28. The van der Waals surface area contributed by atoms with Crippen LogP contribution in [0, 0.1) is 17.7 Å². The Morgan fingerprint density at radius 2 is 1.95 bits per heavy atom. The molecular formula is C28H30FN5O3. The minimum atomic E-state index is -0.642. The SMILES string of the molecule is O=C(Nc1ncc2ccc(NC3CCOc4ccc(F)cc43)cc2n1)NC12CC3CC(CC(O)(C3)C1)C2. The number of ether oxygens (including phenoxy) is 1. The molecule has 4 saturated carbocycles. The van der Waals surface area contributed by atoms with Gasteiger partial charge in [-0.3, -0.25) is 5.32 Å². The molecule has 1 aromatic heterocycles. The van der Waals surface area contributed by atoms with Gasteiger partial charge >= 0.3 is 6.03 Å². The smallest absolute Gasteiger partial charge is 0.322 e. The highest BCUT2D eigenvalue weighted by molar-refractivity contribution is 5.90. The molecule has 3 atom stereocenters. The van der Waals surface area contributed by atoms with Crippen LogP contribution in [-0.2, 0) is 0 Å². The number of carbonyl (C=O) groups excluding carboxylic acids is 1. The Labute approximate surface area is 214 Å². The standard InChI is InChI=1S/C28H30FN5O3/c29-19-2-4-24-21(8-19)22(5-6-37-24)31-20-3-1-18-14-30-25(32-23(18)9-20)33-26(35)34-27-10-16-7-17(11-27)13-28(36,12-16)15-27/h1-4,8-9,14,16-17,22,31,36H,5-7,10-13,15H2,(H2,30,32,33,34,35). The molecule has 4 fully saturated rings. The van der Waals surface area contributed by atoms with Crippen LogP contribution in [0.25, 0.3) is 10.9 Å². The number of carbonyl (C=O) groups is 1. The number of hydrogen-bond donors (Lipinski definition) is 4. The minimum Gasteiger partial charge on any atom is -0.493 e. The van der Waals surface area contributed by atoms with Gasteiger partial charge in [0.2, 0.25) is 5.95 Å². The van der Waals surface area contributed by atoms with Gasteiger partial charge < -0.3 is 20.5 Å². The van der Waals surface area contributed by atoms with E-state index in [0.717, 1.165) is 48.7 Å². The van der Waals surface area contributed by atoms with Gasteiger partial charge in [0.1, 0.15) is 11.6 Å². The molecule has 0 spiro atoms. The number of nitrogens with zero attached hydrogens (tertiary/aromatic N) is 2. The highest BCUT2D eigenvalue weighted by atomic mass is 19.1. The maximum atomic E-state index is 13.9. The molecule has 9 heteroatoms. The van der Waals surface area contributed by atoms with E-state index >= 15 is 0 Å². The molecule has 3 aromatic rings. The van der Waals surface area contributed by atoms with Gasteiger partial charge in [-0.15, -0.1) is 0 Å². The molecule has 37 heavy (non-hydrogen) atoms. The molecule has 4 bridgehead atoms. The summed E-state index contributed by atoms with van der Waals surface area (Å²) in [5.74, 6) is 1.59. The number of benzene rings is 2. The number of hydrogen-bond acceptors (Lipinski definition) is 6. The zero-order valence-electron chi connectivity index (χ0n) is 20.5. The van der Waals surface area contributed by atoms with Gasteiger partial charge in [0, 0.05) is 34.8 Å². The summed E-state index contributed by atoms with van der Waals surface area (Å²) in [7, 11) is 0. The van der Waals surface area contributed by atoms with Gasteiger partial charge in [-0.2, -0.15) is 0 Å². The van der Waals surface area contributed by atoms with Crippen molar-refractivity contribution in [1.29, 1.82) is 0 Å². The Morgan fingerprint density at radius 1 is 1.11 bits per heavy atom. The summed E-state index contributed by atoms with van der Waals surface area (Å²) < 4.78 is 19.5. The van der Waals surface area contributed by atoms with Crippen molar-refractivity contribution in [2.24, 2.45) is 11.8 Å². The van der Waals surface area contributed by atoms with Crippen LogP contribution in [0.1, 0.15) is 56.6 Å². The average molecular weight is 504 g/mol. The molecule has 0 radical (unpaired) electrons. The lowest BCUT2D eigenvalue weighted by Crippen LogP contribution is -2.65. The van der Waals surface area contributed by atoms with Crippen molar-refractivity contribution in [3.8, 4) is 5.75 Å². The zero-order chi connectivity index (χ0) is 25.2. The van der Waals surface area contributed by atoms with E-state index in [1.165, 1.54) is 12.1 Å². The van der Waals surface area contributed by atoms with Crippen LogP contribution >= 0.6 is 0 Å². The zero-order valence-corrected chi connectivity index (χ0v) is 20.5. The Balaban J connectivity index is 1.07. The maximum Gasteiger partial charge on any atom is 0.322 e. The average Bonchev–Trinajstić information content (AvgIpc) is 2.82. The van der Waals surface area contributed by atoms with E-state index in [-0.39, 0.29) is 29.4 Å². The Kier molecular flexibility index (Phi) is 5.08. The normalized spacial score (nSPS) is 31.5. The largest absolute Gasteiger partial charge is 0.493 e. The number of amides is 2. The van der Waals surface area contributed by atoms with Crippen LogP contribution in [0.4, 0.5) is 20.8 Å². The molecule has 192 valence electrons. The van der Waals surface area contributed by atoms with Crippen LogP contribution in [-0.4, -0.2) is 38.9 Å². The summed E-state index contributed by atoms with van der Waals surface area (Å²) in [6.07, 6.45) is 7.73. The first kappa shape index (κ1) is 22.7. The molecule has 2 amide bonds. The van der Waals surface area contributed by atoms with Crippen LogP contribution < -0.4 is 20.7 Å². The highest BCUT2D eigenvalue weighted by Crippen LogP contribution is 2.57. The number of nitrogens with one attached hydrogen (secondary N) is 3. The fraction of sp³-hybridized carbons (Fsp3) is 0.464. The summed E-state index contributed by atoms with van der Waals surface area (Å²) in [6.45, 7) is 0.551. The molecule has 3 unspecified atom stereocenters. The monoisotopic (exact) mass is 503 g/mol. The lowest BCUT2D eigenvalue weighted by Gasteiger charge is -2.60. The molecule has 2 aromatic carbocycles.